The maximum atomic E-state index is 14.1. The topological polar surface area (TPSA) is 95.9 Å². The number of carbonyl (C=O) groups excluding carboxylic acids is 2. The van der Waals surface area contributed by atoms with Gasteiger partial charge in [-0.1, -0.05) is 69.7 Å². The Labute approximate surface area is 264 Å². The van der Waals surface area contributed by atoms with Crippen molar-refractivity contribution in [3.63, 3.8) is 0 Å². The van der Waals surface area contributed by atoms with Gasteiger partial charge in [-0.3, -0.25) is 9.59 Å². The van der Waals surface area contributed by atoms with E-state index in [0.717, 1.165) is 43.2 Å². The number of amides is 1. The summed E-state index contributed by atoms with van der Waals surface area (Å²) in [5.74, 6) is 0.125. The highest BCUT2D eigenvalue weighted by Crippen LogP contribution is 2.74. The van der Waals surface area contributed by atoms with Crippen LogP contribution < -0.4 is 5.32 Å². The summed E-state index contributed by atoms with van der Waals surface area (Å²) < 4.78 is 6.12. The molecule has 4 aliphatic carbocycles. The predicted octanol–water partition coefficient (Wildman–Crippen LogP) is 6.90. The molecule has 0 aromatic heterocycles. The number of esters is 1. The maximum absolute atomic E-state index is 14.1. The van der Waals surface area contributed by atoms with Crippen molar-refractivity contribution in [3.8, 4) is 0 Å². The van der Waals surface area contributed by atoms with Gasteiger partial charge >= 0.3 is 5.97 Å². The predicted molar refractivity (Wildman–Crippen MR) is 173 cm³/mol. The van der Waals surface area contributed by atoms with E-state index in [9.17, 15) is 19.8 Å². The number of aliphatic hydroxyl groups is 2. The second-order valence-corrected chi connectivity index (χ2v) is 15.5. The summed E-state index contributed by atoms with van der Waals surface area (Å²) in [5.41, 5.74) is 3.31. The Morgan fingerprint density at radius 2 is 1.70 bits per heavy atom. The van der Waals surface area contributed by atoms with Crippen LogP contribution in [0.3, 0.4) is 0 Å². The van der Waals surface area contributed by atoms with Gasteiger partial charge in [-0.25, -0.2) is 0 Å². The molecule has 0 unspecified atom stereocenters. The fourth-order valence-electron chi connectivity index (χ4n) is 10.7. The van der Waals surface area contributed by atoms with Gasteiger partial charge in [0.15, 0.2) is 0 Å². The van der Waals surface area contributed by atoms with E-state index < -0.39 is 12.2 Å². The van der Waals surface area contributed by atoms with Crippen LogP contribution in [0.5, 0.6) is 0 Å². The Kier molecular flexibility index (Phi) is 9.28. The van der Waals surface area contributed by atoms with Gasteiger partial charge in [-0.2, -0.15) is 0 Å². The number of nitrogens with one attached hydrogen (secondary N) is 1. The molecule has 0 radical (unpaired) electrons. The van der Waals surface area contributed by atoms with Crippen LogP contribution in [0.15, 0.2) is 53.1 Å². The molecule has 1 aromatic carbocycles. The van der Waals surface area contributed by atoms with Crippen molar-refractivity contribution in [2.24, 2.45) is 39.9 Å². The zero-order valence-electron chi connectivity index (χ0n) is 28.0. The van der Waals surface area contributed by atoms with Gasteiger partial charge in [0.2, 0.25) is 5.91 Å². The largest absolute Gasteiger partial charge is 0.458 e. The first-order valence-electron chi connectivity index (χ1n) is 16.9. The molecule has 1 aromatic rings. The lowest BCUT2D eigenvalue weighted by Crippen LogP contribution is -2.65. The summed E-state index contributed by atoms with van der Waals surface area (Å²) in [6, 6.07) is 9.92. The summed E-state index contributed by atoms with van der Waals surface area (Å²) in [6.07, 6.45) is 6.98. The Morgan fingerprint density at radius 1 is 1.00 bits per heavy atom. The van der Waals surface area contributed by atoms with E-state index in [1.165, 1.54) is 12.5 Å². The van der Waals surface area contributed by atoms with Gasteiger partial charge in [-0.05, 0) is 116 Å². The summed E-state index contributed by atoms with van der Waals surface area (Å²) in [6.45, 7) is 15.3. The van der Waals surface area contributed by atoms with E-state index in [0.29, 0.717) is 37.3 Å². The van der Waals surface area contributed by atoms with E-state index >= 15 is 0 Å². The molecule has 242 valence electrons. The molecule has 1 amide bonds. The van der Waals surface area contributed by atoms with Crippen molar-refractivity contribution in [2.45, 2.75) is 125 Å². The standard InChI is InChI=1S/C38H55NO5/c1-23(2)12-11-15-27(35(43)39-22-26-13-9-8-10-14-26)33-29-20-31(42)34-36(5)18-17-30(41)24(3)28(36)16-19-37(34,6)38(29,7)21-32(33)44-25(4)40/h8-10,12-14,24,28-32,34,41-42H,11,15-22H2,1-7H3,(H,39,43)/b33-27-/t24-,28-,29-,30+,31+,32-,34-,36-,37-,38-/m0/s1. The van der Waals surface area contributed by atoms with Crippen molar-refractivity contribution in [1.29, 1.82) is 0 Å². The minimum Gasteiger partial charge on any atom is -0.458 e. The molecule has 4 aliphatic rings. The highest BCUT2D eigenvalue weighted by Gasteiger charge is 2.70. The lowest BCUT2D eigenvalue weighted by Gasteiger charge is -2.69. The first-order chi connectivity index (χ1) is 20.7. The van der Waals surface area contributed by atoms with Gasteiger partial charge in [0, 0.05) is 19.0 Å². The third-order valence-electron chi connectivity index (χ3n) is 12.9. The average Bonchev–Trinajstić information content (AvgIpc) is 3.23. The fourth-order valence-corrected chi connectivity index (χ4v) is 10.7. The van der Waals surface area contributed by atoms with E-state index in [4.69, 9.17) is 4.74 Å². The normalized spacial score (nSPS) is 40.6. The Morgan fingerprint density at radius 3 is 2.36 bits per heavy atom. The van der Waals surface area contributed by atoms with Gasteiger partial charge in [-0.15, -0.1) is 0 Å². The van der Waals surface area contributed by atoms with Crippen LogP contribution in [-0.4, -0.2) is 40.4 Å². The number of allylic oxidation sites excluding steroid dienone is 2. The van der Waals surface area contributed by atoms with E-state index in [1.54, 1.807) is 0 Å². The Bertz CT molecular complexity index is 1300. The van der Waals surface area contributed by atoms with Crippen molar-refractivity contribution in [1.82, 2.24) is 5.32 Å². The molecule has 0 aliphatic heterocycles. The second-order valence-electron chi connectivity index (χ2n) is 15.5. The maximum Gasteiger partial charge on any atom is 0.303 e. The summed E-state index contributed by atoms with van der Waals surface area (Å²) >= 11 is 0. The zero-order valence-corrected chi connectivity index (χ0v) is 28.0. The monoisotopic (exact) mass is 605 g/mol. The Balaban J connectivity index is 1.58. The number of carbonyl (C=O) groups is 2. The first kappa shape index (κ1) is 32.9. The number of aliphatic hydroxyl groups excluding tert-OH is 2. The van der Waals surface area contributed by atoms with Crippen LogP contribution in [0.25, 0.3) is 0 Å². The van der Waals surface area contributed by atoms with Crippen LogP contribution in [0.2, 0.25) is 0 Å². The van der Waals surface area contributed by atoms with Crippen LogP contribution in [0, 0.1) is 39.9 Å². The van der Waals surface area contributed by atoms with Crippen molar-refractivity contribution in [2.75, 3.05) is 0 Å². The third kappa shape index (κ3) is 5.59. The quantitative estimate of drug-likeness (QED) is 0.179. The molecule has 10 atom stereocenters. The molecule has 6 heteroatoms. The number of fused-ring (bicyclic) bond motifs is 5. The highest BCUT2D eigenvalue weighted by molar-refractivity contribution is 5.94. The number of hydrogen-bond donors (Lipinski definition) is 3. The van der Waals surface area contributed by atoms with Crippen LogP contribution in [-0.2, 0) is 20.9 Å². The molecule has 0 spiro atoms. The van der Waals surface area contributed by atoms with Crippen molar-refractivity contribution >= 4 is 11.9 Å². The molecule has 5 rings (SSSR count). The van der Waals surface area contributed by atoms with Gasteiger partial charge < -0.3 is 20.3 Å². The highest BCUT2D eigenvalue weighted by atomic mass is 16.5. The molecule has 0 saturated heterocycles. The number of ether oxygens (including phenoxy) is 1. The number of hydrogen-bond acceptors (Lipinski definition) is 5. The number of benzene rings is 1. The first-order valence-corrected chi connectivity index (χ1v) is 16.9. The van der Waals surface area contributed by atoms with Gasteiger partial charge in [0.25, 0.3) is 0 Å². The molecule has 44 heavy (non-hydrogen) atoms. The van der Waals surface area contributed by atoms with Gasteiger partial charge in [0.05, 0.1) is 12.2 Å². The molecular weight excluding hydrogens is 550 g/mol. The lowest BCUT2D eigenvalue weighted by molar-refractivity contribution is -0.234. The minimum absolute atomic E-state index is 0.0703. The Hall–Kier alpha value is -2.44. The third-order valence-corrected chi connectivity index (χ3v) is 12.9. The lowest BCUT2D eigenvalue weighted by atomic mass is 9.36. The smallest absolute Gasteiger partial charge is 0.303 e. The summed E-state index contributed by atoms with van der Waals surface area (Å²) in [5, 5.41) is 26.2. The minimum atomic E-state index is -0.536. The van der Waals surface area contributed by atoms with E-state index in [2.05, 4.69) is 52.9 Å². The molecule has 0 heterocycles. The summed E-state index contributed by atoms with van der Waals surface area (Å²) in [7, 11) is 0. The molecule has 4 fully saturated rings. The van der Waals surface area contributed by atoms with Crippen molar-refractivity contribution in [3.05, 3.63) is 58.7 Å². The van der Waals surface area contributed by atoms with E-state index in [1.807, 2.05) is 30.3 Å². The van der Waals surface area contributed by atoms with Crippen LogP contribution >= 0.6 is 0 Å². The summed E-state index contributed by atoms with van der Waals surface area (Å²) in [4.78, 5) is 26.7. The van der Waals surface area contributed by atoms with Crippen LogP contribution in [0.1, 0.15) is 105 Å². The zero-order chi connectivity index (χ0) is 32.0. The number of rotatable bonds is 7. The van der Waals surface area contributed by atoms with E-state index in [-0.39, 0.29) is 52.0 Å². The SMILES string of the molecule is CC(=O)O[C@H]1C[C@@]2(C)[C@@H](C[C@@H](O)[C@H]3[C@@]4(C)CC[C@@H](O)[C@@H](C)[C@@H]4CC[C@@]32C)/C1=C(\CCC=C(C)C)C(=O)NCc1ccccc1. The fraction of sp³-hybridized carbons (Fsp3) is 0.684. The molecule has 0 bridgehead atoms. The van der Waals surface area contributed by atoms with Crippen LogP contribution in [0.4, 0.5) is 0 Å². The molecule has 4 saturated carbocycles. The van der Waals surface area contributed by atoms with Gasteiger partial charge in [0.1, 0.15) is 6.10 Å². The second kappa shape index (κ2) is 12.4. The molecule has 6 nitrogen and oxygen atoms in total. The van der Waals surface area contributed by atoms with Crippen molar-refractivity contribution < 1.29 is 24.5 Å². The molecular formula is C38H55NO5. The average molecular weight is 606 g/mol. The molecule has 3 N–H and O–H groups in total.